The van der Waals surface area contributed by atoms with Crippen molar-refractivity contribution in [2.45, 2.75) is 63.8 Å². The van der Waals surface area contributed by atoms with Crippen LogP contribution in [-0.2, 0) is 43.2 Å². The summed E-state index contributed by atoms with van der Waals surface area (Å²) in [7, 11) is 0. The Labute approximate surface area is 237 Å². The van der Waals surface area contributed by atoms with Crippen LogP contribution in [0.15, 0.2) is 73.2 Å². The molecule has 0 radical (unpaired) electrons. The molecule has 218 valence electrons. The number of carboxylic acid groups (broad SMARTS) is 1. The molecule has 3 amide bonds. The van der Waals surface area contributed by atoms with E-state index >= 15 is 0 Å². The van der Waals surface area contributed by atoms with E-state index in [2.05, 4.69) is 26.1 Å². The molecule has 1 heterocycles. The number of nitrogens with zero attached hydrogens (tertiary/aromatic N) is 1. The monoisotopic (exact) mass is 565 g/mol. The van der Waals surface area contributed by atoms with Crippen molar-refractivity contribution < 1.29 is 33.9 Å². The summed E-state index contributed by atoms with van der Waals surface area (Å²) in [6, 6.07) is 15.6. The Morgan fingerprint density at radius 2 is 1.46 bits per heavy atom. The van der Waals surface area contributed by atoms with Gasteiger partial charge in [0, 0.05) is 31.2 Å². The number of ether oxygens (including phenoxy) is 1. The molecule has 3 rings (SSSR count). The van der Waals surface area contributed by atoms with E-state index in [4.69, 9.17) is 9.57 Å². The lowest BCUT2D eigenvalue weighted by molar-refractivity contribution is -0.152. The average molecular weight is 566 g/mol. The topological polar surface area (TPSA) is 172 Å². The third-order valence-electron chi connectivity index (χ3n) is 5.74. The summed E-state index contributed by atoms with van der Waals surface area (Å²) in [6.07, 6.45) is 0.904. The van der Waals surface area contributed by atoms with Crippen LogP contribution >= 0.6 is 0 Å². The Bertz CT molecular complexity index is 1280. The average Bonchev–Trinajstić information content (AvgIpc) is 3.43. The van der Waals surface area contributed by atoms with Gasteiger partial charge >= 0.3 is 12.1 Å². The highest BCUT2D eigenvalue weighted by Crippen LogP contribution is 2.11. The van der Waals surface area contributed by atoms with E-state index in [-0.39, 0.29) is 19.3 Å². The van der Waals surface area contributed by atoms with Gasteiger partial charge in [-0.05, 0) is 31.9 Å². The number of hydroxylamine groups is 1. The molecule has 3 aromatic rings. The van der Waals surface area contributed by atoms with E-state index in [1.54, 1.807) is 69.3 Å². The Morgan fingerprint density at radius 3 is 2.00 bits per heavy atom. The molecule has 12 nitrogen and oxygen atoms in total. The minimum Gasteiger partial charge on any atom is -0.480 e. The lowest BCUT2D eigenvalue weighted by Crippen LogP contribution is -2.53. The highest BCUT2D eigenvalue weighted by atomic mass is 16.7. The first-order valence-corrected chi connectivity index (χ1v) is 13.0. The van der Waals surface area contributed by atoms with E-state index in [0.29, 0.717) is 5.69 Å². The number of carbonyl (C=O) groups is 4. The number of aromatic nitrogens is 2. The molecule has 1 aromatic heterocycles. The maximum absolute atomic E-state index is 13.2. The fraction of sp³-hybridized carbons (Fsp3) is 0.345. The number of hydrogen-bond donors (Lipinski definition) is 5. The smallest absolute Gasteiger partial charge is 0.408 e. The quantitative estimate of drug-likeness (QED) is 0.197. The van der Waals surface area contributed by atoms with Gasteiger partial charge in [-0.15, -0.1) is 0 Å². The van der Waals surface area contributed by atoms with Gasteiger partial charge in [-0.2, -0.15) is 0 Å². The summed E-state index contributed by atoms with van der Waals surface area (Å²) >= 11 is 0. The molecule has 0 aliphatic carbocycles. The number of rotatable bonds is 13. The zero-order chi connectivity index (χ0) is 29.8. The molecule has 0 saturated carbocycles. The van der Waals surface area contributed by atoms with Crippen LogP contribution in [0.3, 0.4) is 0 Å². The number of amides is 3. The molecule has 0 saturated heterocycles. The number of H-pyrrole nitrogens is 1. The summed E-state index contributed by atoms with van der Waals surface area (Å²) in [4.78, 5) is 63.1. The van der Waals surface area contributed by atoms with E-state index in [1.165, 1.54) is 12.5 Å². The Morgan fingerprint density at radius 1 is 0.854 bits per heavy atom. The van der Waals surface area contributed by atoms with Gasteiger partial charge in [0.05, 0.1) is 6.33 Å². The third-order valence-corrected chi connectivity index (χ3v) is 5.74. The normalized spacial score (nSPS) is 13.3. The number of carboxylic acids is 1. The van der Waals surface area contributed by atoms with Crippen molar-refractivity contribution in [3.05, 3.63) is 90.0 Å². The lowest BCUT2D eigenvalue weighted by atomic mass is 10.1. The number of imidazole rings is 1. The van der Waals surface area contributed by atoms with Crippen LogP contribution in [0.2, 0.25) is 0 Å². The van der Waals surface area contributed by atoms with Gasteiger partial charge < -0.3 is 25.5 Å². The van der Waals surface area contributed by atoms with Gasteiger partial charge in [-0.1, -0.05) is 60.7 Å². The molecule has 0 aliphatic rings. The highest BCUT2D eigenvalue weighted by Gasteiger charge is 2.30. The van der Waals surface area contributed by atoms with Crippen LogP contribution in [0.25, 0.3) is 0 Å². The Kier molecular flexibility index (Phi) is 11.0. The van der Waals surface area contributed by atoms with Gasteiger partial charge in [0.1, 0.15) is 17.7 Å². The molecule has 0 bridgehead atoms. The number of carbonyl (C=O) groups excluding carboxylic acids is 3. The summed E-state index contributed by atoms with van der Waals surface area (Å²) < 4.78 is 5.31. The first-order chi connectivity index (χ1) is 19.5. The van der Waals surface area contributed by atoms with Crippen molar-refractivity contribution in [3.8, 4) is 0 Å². The van der Waals surface area contributed by atoms with Gasteiger partial charge in [0.25, 0.3) is 11.8 Å². The number of aliphatic carboxylic acids is 1. The molecule has 0 fully saturated rings. The largest absolute Gasteiger partial charge is 0.480 e. The fourth-order valence-electron chi connectivity index (χ4n) is 3.81. The lowest BCUT2D eigenvalue weighted by Gasteiger charge is -2.24. The summed E-state index contributed by atoms with van der Waals surface area (Å²) in [5.41, 5.74) is 3.50. The van der Waals surface area contributed by atoms with Crippen LogP contribution in [-0.4, -0.2) is 62.7 Å². The van der Waals surface area contributed by atoms with Gasteiger partial charge in [-0.25, -0.2) is 20.1 Å². The molecule has 41 heavy (non-hydrogen) atoms. The zero-order valence-corrected chi connectivity index (χ0v) is 23.1. The molecule has 12 heteroatoms. The van der Waals surface area contributed by atoms with Gasteiger partial charge in [0.2, 0.25) is 0 Å². The van der Waals surface area contributed by atoms with Crippen LogP contribution in [0.4, 0.5) is 4.79 Å². The van der Waals surface area contributed by atoms with Crippen molar-refractivity contribution in [1.29, 1.82) is 0 Å². The maximum Gasteiger partial charge on any atom is 0.408 e. The first-order valence-electron chi connectivity index (χ1n) is 13.0. The molecule has 2 aromatic carbocycles. The molecule has 0 unspecified atom stereocenters. The molecule has 5 N–H and O–H groups in total. The Hall–Kier alpha value is -4.71. The van der Waals surface area contributed by atoms with Crippen molar-refractivity contribution in [2.75, 3.05) is 0 Å². The van der Waals surface area contributed by atoms with E-state index in [0.717, 1.165) is 11.1 Å². The van der Waals surface area contributed by atoms with E-state index < -0.39 is 47.7 Å². The second-order valence-electron chi connectivity index (χ2n) is 10.3. The second kappa shape index (κ2) is 14.6. The van der Waals surface area contributed by atoms with Crippen LogP contribution in [0, 0.1) is 0 Å². The van der Waals surface area contributed by atoms with Crippen molar-refractivity contribution >= 4 is 23.9 Å². The van der Waals surface area contributed by atoms with Gasteiger partial charge in [-0.3, -0.25) is 14.4 Å². The van der Waals surface area contributed by atoms with E-state index in [9.17, 15) is 24.3 Å². The second-order valence-corrected chi connectivity index (χ2v) is 10.3. The summed E-state index contributed by atoms with van der Waals surface area (Å²) in [5.74, 6) is -2.72. The van der Waals surface area contributed by atoms with Crippen LogP contribution < -0.4 is 16.1 Å². The predicted molar refractivity (Wildman–Crippen MR) is 148 cm³/mol. The van der Waals surface area contributed by atoms with E-state index in [1.807, 2.05) is 12.1 Å². The van der Waals surface area contributed by atoms with Crippen molar-refractivity contribution in [3.63, 3.8) is 0 Å². The van der Waals surface area contributed by atoms with Gasteiger partial charge in [0.15, 0.2) is 6.10 Å². The highest BCUT2D eigenvalue weighted by molar-refractivity contribution is 5.88. The van der Waals surface area contributed by atoms with Crippen molar-refractivity contribution in [2.24, 2.45) is 0 Å². The first kappa shape index (κ1) is 30.8. The maximum atomic E-state index is 13.2. The Balaban J connectivity index is 1.74. The number of nitrogens with one attached hydrogen (secondary N) is 4. The zero-order valence-electron chi connectivity index (χ0n) is 23.1. The molecular formula is C29H35N5O7. The summed E-state index contributed by atoms with van der Waals surface area (Å²) in [6.45, 7) is 5.10. The molecule has 0 aliphatic heterocycles. The van der Waals surface area contributed by atoms with Crippen molar-refractivity contribution in [1.82, 2.24) is 26.1 Å². The number of alkyl carbamates (subject to hydrolysis) is 1. The standard InChI is InChI=1S/C29H35N5O7/c1-29(2,3)40-28(39)33-22(14-19-10-6-4-7-11-19)25(35)34-41-24(15-20-12-8-5-9-13-20)26(36)32-23(27(37)38)16-21-17-30-18-31-21/h4-13,17-18,22-24H,14-16H2,1-3H3,(H,30,31)(H,32,36)(H,33,39)(H,34,35)(H,37,38)/t22-,23-,24-/m0/s1. The SMILES string of the molecule is CC(C)(C)OC(=O)N[C@@H](Cc1ccccc1)C(=O)NO[C@@H](Cc1ccccc1)C(=O)N[C@@H](Cc1cnc[nH]1)C(=O)O. The molecule has 0 spiro atoms. The molecular weight excluding hydrogens is 530 g/mol. The predicted octanol–water partition coefficient (Wildman–Crippen LogP) is 2.32. The number of aromatic amines is 1. The van der Waals surface area contributed by atoms with Crippen LogP contribution in [0.5, 0.6) is 0 Å². The number of benzene rings is 2. The summed E-state index contributed by atoms with van der Waals surface area (Å²) in [5, 5.41) is 14.7. The fourth-order valence-corrected chi connectivity index (χ4v) is 3.81. The molecule has 3 atom stereocenters. The van der Waals surface area contributed by atoms with Crippen LogP contribution in [0.1, 0.15) is 37.6 Å². The minimum absolute atomic E-state index is 0.0339. The number of hydrogen-bond acceptors (Lipinski definition) is 7. The third kappa shape index (κ3) is 10.8. The minimum atomic E-state index is -1.29.